The van der Waals surface area contributed by atoms with Crippen LogP contribution in [0.1, 0.15) is 72.1 Å². The van der Waals surface area contributed by atoms with Gasteiger partial charge in [-0.25, -0.2) is 0 Å². The van der Waals surface area contributed by atoms with Gasteiger partial charge in [-0.2, -0.15) is 0 Å². The van der Waals surface area contributed by atoms with Gasteiger partial charge in [0.2, 0.25) is 0 Å². The number of alkyl halides is 1. The summed E-state index contributed by atoms with van der Waals surface area (Å²) in [6, 6.07) is 0. The third-order valence-electron chi connectivity index (χ3n) is 8.65. The molecule has 0 heterocycles. The van der Waals surface area contributed by atoms with Crippen LogP contribution in [-0.2, 0) is 14.3 Å². The van der Waals surface area contributed by atoms with Crippen LogP contribution in [0.4, 0.5) is 0 Å². The van der Waals surface area contributed by atoms with E-state index >= 15 is 0 Å². The van der Waals surface area contributed by atoms with E-state index in [1.165, 1.54) is 32.6 Å². The van der Waals surface area contributed by atoms with Gasteiger partial charge in [0.05, 0.1) is 4.83 Å². The van der Waals surface area contributed by atoms with Gasteiger partial charge < -0.3 is 4.74 Å². The molecule has 3 nitrogen and oxygen atoms in total. The van der Waals surface area contributed by atoms with E-state index in [0.29, 0.717) is 29.0 Å². The molecule has 4 saturated carbocycles. The second kappa shape index (κ2) is 6.07. The molecule has 4 aliphatic rings. The molecule has 0 amide bonds. The third kappa shape index (κ3) is 2.64. The lowest BCUT2D eigenvalue weighted by atomic mass is 9.45. The standard InChI is InChI=1S/C21H31BrO3/c1-12(23)25-14-6-8-20(2)13(10-14)4-5-15-16(20)7-9-21(3)17(15)11-18(22)19(21)24/h13-18H,4-11H2,1-3H3/t13-,14+,15-,16+,17+,18-,20+,21+/m1/s1. The fraction of sp³-hybridized carbons (Fsp3) is 0.905. The Morgan fingerprint density at radius 1 is 1.08 bits per heavy atom. The van der Waals surface area contributed by atoms with Crippen molar-refractivity contribution in [1.29, 1.82) is 0 Å². The fourth-order valence-corrected chi connectivity index (χ4v) is 8.23. The van der Waals surface area contributed by atoms with E-state index in [1.807, 2.05) is 0 Å². The Bertz CT molecular complexity index is 590. The summed E-state index contributed by atoms with van der Waals surface area (Å²) in [7, 11) is 0. The summed E-state index contributed by atoms with van der Waals surface area (Å²) < 4.78 is 5.54. The SMILES string of the molecule is CC(=O)O[C@H]1CC[C@@]2(C)[C@H](CC[C@@H]3[C@@H]2CC[C@]2(C)C(=O)[C@H](Br)C[C@@H]32)C1. The maximum Gasteiger partial charge on any atom is 0.302 e. The summed E-state index contributed by atoms with van der Waals surface area (Å²) in [6.07, 6.45) is 9.15. The van der Waals surface area contributed by atoms with Crippen molar-refractivity contribution in [2.45, 2.75) is 83.1 Å². The number of rotatable bonds is 1. The third-order valence-corrected chi connectivity index (χ3v) is 9.44. The molecule has 0 aromatic rings. The Morgan fingerprint density at radius 3 is 2.56 bits per heavy atom. The summed E-state index contributed by atoms with van der Waals surface area (Å²) in [6.45, 7) is 6.27. The number of hydrogen-bond acceptors (Lipinski definition) is 3. The Hall–Kier alpha value is -0.380. The van der Waals surface area contributed by atoms with Crippen LogP contribution in [0.2, 0.25) is 0 Å². The average molecular weight is 411 g/mol. The number of carbonyl (C=O) groups is 2. The Kier molecular flexibility index (Phi) is 4.37. The lowest BCUT2D eigenvalue weighted by Crippen LogP contribution is -2.54. The molecular formula is C21H31BrO3. The largest absolute Gasteiger partial charge is 0.463 e. The molecule has 0 aromatic carbocycles. The van der Waals surface area contributed by atoms with Crippen molar-refractivity contribution in [3.05, 3.63) is 0 Å². The number of ether oxygens (including phenoxy) is 1. The first-order chi connectivity index (χ1) is 11.8. The highest BCUT2D eigenvalue weighted by molar-refractivity contribution is 9.10. The Balaban J connectivity index is 1.55. The number of Topliss-reactive ketones (excluding diaryl/α,β-unsaturated/α-hetero) is 1. The van der Waals surface area contributed by atoms with Crippen LogP contribution in [0.15, 0.2) is 0 Å². The molecule has 0 aliphatic heterocycles. The number of carbonyl (C=O) groups excluding carboxylic acids is 2. The maximum atomic E-state index is 12.7. The van der Waals surface area contributed by atoms with E-state index in [-0.39, 0.29) is 22.3 Å². The quantitative estimate of drug-likeness (QED) is 0.455. The first-order valence-electron chi connectivity index (χ1n) is 10.1. The van der Waals surface area contributed by atoms with Crippen LogP contribution in [0.25, 0.3) is 0 Å². The highest BCUT2D eigenvalue weighted by Gasteiger charge is 2.62. The van der Waals surface area contributed by atoms with E-state index < -0.39 is 0 Å². The van der Waals surface area contributed by atoms with Crippen molar-refractivity contribution < 1.29 is 14.3 Å². The van der Waals surface area contributed by atoms with E-state index in [2.05, 4.69) is 29.8 Å². The molecule has 0 unspecified atom stereocenters. The Labute approximate surface area is 159 Å². The molecular weight excluding hydrogens is 380 g/mol. The number of fused-ring (bicyclic) bond motifs is 5. The summed E-state index contributed by atoms with van der Waals surface area (Å²) in [5.74, 6) is 3.01. The zero-order valence-electron chi connectivity index (χ0n) is 15.7. The minimum Gasteiger partial charge on any atom is -0.463 e. The van der Waals surface area contributed by atoms with Gasteiger partial charge in [0.25, 0.3) is 0 Å². The molecule has 8 atom stereocenters. The van der Waals surface area contributed by atoms with Crippen LogP contribution in [0.3, 0.4) is 0 Å². The molecule has 25 heavy (non-hydrogen) atoms. The van der Waals surface area contributed by atoms with Crippen LogP contribution < -0.4 is 0 Å². The van der Waals surface area contributed by atoms with Crippen molar-refractivity contribution in [2.24, 2.45) is 34.5 Å². The van der Waals surface area contributed by atoms with Gasteiger partial charge >= 0.3 is 5.97 Å². The van der Waals surface area contributed by atoms with Gasteiger partial charge in [0, 0.05) is 12.3 Å². The second-order valence-electron chi connectivity index (χ2n) is 9.69. The normalized spacial score (nSPS) is 52.1. The van der Waals surface area contributed by atoms with Crippen LogP contribution >= 0.6 is 15.9 Å². The topological polar surface area (TPSA) is 43.4 Å². The molecule has 0 aromatic heterocycles. The Morgan fingerprint density at radius 2 is 1.84 bits per heavy atom. The molecule has 0 radical (unpaired) electrons. The van der Waals surface area contributed by atoms with Crippen LogP contribution in [-0.4, -0.2) is 22.7 Å². The maximum absolute atomic E-state index is 12.7. The predicted octanol–water partition coefficient (Wildman–Crippen LogP) is 4.90. The zero-order chi connectivity index (χ0) is 18.0. The van der Waals surface area contributed by atoms with Gasteiger partial charge in [-0.15, -0.1) is 0 Å². The number of esters is 1. The number of hydrogen-bond donors (Lipinski definition) is 0. The van der Waals surface area contributed by atoms with Gasteiger partial charge in [-0.05, 0) is 80.5 Å². The van der Waals surface area contributed by atoms with Crippen LogP contribution in [0, 0.1) is 34.5 Å². The van der Waals surface area contributed by atoms with Gasteiger partial charge in [-0.1, -0.05) is 29.8 Å². The van der Waals surface area contributed by atoms with Crippen LogP contribution in [0.5, 0.6) is 0 Å². The number of halogens is 1. The molecule has 0 spiro atoms. The van der Waals surface area contributed by atoms with Crippen molar-refractivity contribution in [3.8, 4) is 0 Å². The molecule has 4 fully saturated rings. The highest BCUT2D eigenvalue weighted by atomic mass is 79.9. The highest BCUT2D eigenvalue weighted by Crippen LogP contribution is 2.66. The minimum absolute atomic E-state index is 0.0754. The smallest absolute Gasteiger partial charge is 0.302 e. The second-order valence-corrected chi connectivity index (χ2v) is 10.8. The first kappa shape index (κ1) is 18.0. The van der Waals surface area contributed by atoms with E-state index in [0.717, 1.165) is 31.6 Å². The van der Waals surface area contributed by atoms with Gasteiger partial charge in [0.15, 0.2) is 5.78 Å². The summed E-state index contributed by atoms with van der Waals surface area (Å²) >= 11 is 3.66. The lowest BCUT2D eigenvalue weighted by Gasteiger charge is -2.60. The van der Waals surface area contributed by atoms with Crippen molar-refractivity contribution in [3.63, 3.8) is 0 Å². The van der Waals surface area contributed by atoms with Gasteiger partial charge in [0.1, 0.15) is 6.10 Å². The van der Waals surface area contributed by atoms with E-state index in [1.54, 1.807) is 0 Å². The molecule has 0 saturated heterocycles. The summed E-state index contributed by atoms with van der Waals surface area (Å²) in [5, 5.41) is 0. The first-order valence-corrected chi connectivity index (χ1v) is 11.0. The summed E-state index contributed by atoms with van der Waals surface area (Å²) in [4.78, 5) is 24.2. The van der Waals surface area contributed by atoms with Crippen molar-refractivity contribution in [1.82, 2.24) is 0 Å². The van der Waals surface area contributed by atoms with Crippen molar-refractivity contribution >= 4 is 27.7 Å². The zero-order valence-corrected chi connectivity index (χ0v) is 17.3. The predicted molar refractivity (Wildman–Crippen MR) is 100 cm³/mol. The molecule has 4 heteroatoms. The molecule has 0 N–H and O–H groups in total. The average Bonchev–Trinajstić information content (AvgIpc) is 2.78. The minimum atomic E-state index is -0.136. The number of ketones is 1. The van der Waals surface area contributed by atoms with Crippen molar-refractivity contribution in [2.75, 3.05) is 0 Å². The van der Waals surface area contributed by atoms with E-state index in [9.17, 15) is 9.59 Å². The summed E-state index contributed by atoms with van der Waals surface area (Å²) in [5.41, 5.74) is 0.280. The van der Waals surface area contributed by atoms with Gasteiger partial charge in [-0.3, -0.25) is 9.59 Å². The molecule has 140 valence electrons. The fourth-order valence-electron chi connectivity index (χ4n) is 7.31. The molecule has 4 aliphatic carbocycles. The lowest BCUT2D eigenvalue weighted by molar-refractivity contribution is -0.160. The van der Waals surface area contributed by atoms with E-state index in [4.69, 9.17) is 4.74 Å². The molecule has 4 rings (SSSR count). The monoisotopic (exact) mass is 410 g/mol. The molecule has 0 bridgehead atoms.